The monoisotopic (exact) mass is 664 g/mol. The van der Waals surface area contributed by atoms with Gasteiger partial charge in [-0.15, -0.1) is 0 Å². The number of carboxylic acid groups (broad SMARTS) is 1. The molecule has 3 N–H and O–H groups in total. The van der Waals surface area contributed by atoms with E-state index < -0.39 is 5.97 Å². The van der Waals surface area contributed by atoms with Crippen LogP contribution >= 0.6 is 0 Å². The van der Waals surface area contributed by atoms with Crippen molar-refractivity contribution in [2.24, 2.45) is 5.73 Å². The maximum atomic E-state index is 10.7. The van der Waals surface area contributed by atoms with Crippen molar-refractivity contribution in [2.45, 2.75) is 263 Å². The third-order valence-electron chi connectivity index (χ3n) is 10.3. The first kappa shape index (κ1) is 45.9. The predicted molar refractivity (Wildman–Crippen MR) is 206 cm³/mol. The van der Waals surface area contributed by atoms with E-state index in [0.717, 1.165) is 25.7 Å². The number of hydrogen-bond acceptors (Lipinski definition) is 2. The molecule has 4 nitrogen and oxygen atoms in total. The highest BCUT2D eigenvalue weighted by molar-refractivity contribution is 5.73. The van der Waals surface area contributed by atoms with Gasteiger partial charge < -0.3 is 10.8 Å². The van der Waals surface area contributed by atoms with Crippen molar-refractivity contribution in [2.75, 3.05) is 0 Å². The third-order valence-corrected chi connectivity index (χ3v) is 10.3. The fourth-order valence-corrected chi connectivity index (χ4v) is 7.12. The summed E-state index contributed by atoms with van der Waals surface area (Å²) in [6.45, 7) is 0. The quantitative estimate of drug-likeness (QED) is 0.0638. The number of primary amides is 1. The van der Waals surface area contributed by atoms with Gasteiger partial charge in [-0.2, -0.15) is 0 Å². The normalized spacial score (nSPS) is 11.4. The second kappa shape index (κ2) is 41.1. The van der Waals surface area contributed by atoms with E-state index >= 15 is 0 Å². The van der Waals surface area contributed by atoms with E-state index in [-0.39, 0.29) is 5.91 Å². The fourth-order valence-electron chi connectivity index (χ4n) is 7.12. The van der Waals surface area contributed by atoms with E-state index in [1.54, 1.807) is 0 Å². The third kappa shape index (κ3) is 44.9. The second-order valence-electron chi connectivity index (χ2n) is 15.1. The zero-order valence-electron chi connectivity index (χ0n) is 31.8. The standard InChI is InChI=1S/C43H85NO3/c44-42(45)40-38-36-34-32-30-28-26-24-22-20-18-16-14-12-10-8-6-4-2-1-3-5-7-9-11-13-15-17-19-21-23-25-27-29-31-33-35-37-39-41-43(46)47/h1-41H2,(H2,44,45)(H,46,47). The summed E-state index contributed by atoms with van der Waals surface area (Å²) in [4.78, 5) is 21.2. The molecule has 0 aliphatic rings. The van der Waals surface area contributed by atoms with E-state index in [1.165, 1.54) is 225 Å². The summed E-state index contributed by atoms with van der Waals surface area (Å²) in [6, 6.07) is 0. The Kier molecular flexibility index (Phi) is 40.2. The van der Waals surface area contributed by atoms with Gasteiger partial charge in [0.05, 0.1) is 0 Å². The summed E-state index contributed by atoms with van der Waals surface area (Å²) < 4.78 is 0. The van der Waals surface area contributed by atoms with E-state index in [1.807, 2.05) is 0 Å². The van der Waals surface area contributed by atoms with Gasteiger partial charge in [0.2, 0.25) is 5.91 Å². The van der Waals surface area contributed by atoms with E-state index in [9.17, 15) is 9.59 Å². The Bertz CT molecular complexity index is 570. The van der Waals surface area contributed by atoms with Gasteiger partial charge in [0.15, 0.2) is 0 Å². The molecule has 0 aromatic heterocycles. The number of carbonyl (C=O) groups is 2. The van der Waals surface area contributed by atoms with Crippen LogP contribution in [0.2, 0.25) is 0 Å². The molecule has 0 aromatic carbocycles. The molecule has 0 radical (unpaired) electrons. The lowest BCUT2D eigenvalue weighted by Gasteiger charge is -2.05. The summed E-state index contributed by atoms with van der Waals surface area (Å²) in [6.07, 6.45) is 54.6. The zero-order valence-corrected chi connectivity index (χ0v) is 31.8. The van der Waals surface area contributed by atoms with E-state index in [4.69, 9.17) is 10.8 Å². The van der Waals surface area contributed by atoms with Crippen LogP contribution in [0.4, 0.5) is 0 Å². The van der Waals surface area contributed by atoms with Crippen molar-refractivity contribution in [3.63, 3.8) is 0 Å². The fraction of sp³-hybridized carbons (Fsp3) is 0.953. The van der Waals surface area contributed by atoms with Gasteiger partial charge in [-0.3, -0.25) is 9.59 Å². The van der Waals surface area contributed by atoms with Crippen LogP contribution in [0.15, 0.2) is 0 Å². The summed E-state index contributed by atoms with van der Waals surface area (Å²) >= 11 is 0. The highest BCUT2D eigenvalue weighted by Gasteiger charge is 1.99. The molecule has 0 saturated carbocycles. The van der Waals surface area contributed by atoms with Crippen molar-refractivity contribution in [1.82, 2.24) is 0 Å². The Hall–Kier alpha value is -1.06. The maximum Gasteiger partial charge on any atom is 0.303 e. The average Bonchev–Trinajstić information content (AvgIpc) is 3.05. The van der Waals surface area contributed by atoms with Crippen molar-refractivity contribution in [3.05, 3.63) is 0 Å². The minimum absolute atomic E-state index is 0.151. The Labute approximate surface area is 295 Å². The topological polar surface area (TPSA) is 80.4 Å². The summed E-state index contributed by atoms with van der Waals surface area (Å²) in [5.41, 5.74) is 5.18. The van der Waals surface area contributed by atoms with Crippen LogP contribution in [0.1, 0.15) is 263 Å². The zero-order chi connectivity index (χ0) is 34.1. The van der Waals surface area contributed by atoms with Crippen molar-refractivity contribution in [3.8, 4) is 0 Å². The molecule has 1 amide bonds. The van der Waals surface area contributed by atoms with Crippen LogP contribution in [-0.4, -0.2) is 17.0 Å². The molecule has 0 bridgehead atoms. The number of hydrogen-bond donors (Lipinski definition) is 2. The molecule has 0 heterocycles. The highest BCUT2D eigenvalue weighted by atomic mass is 16.4. The summed E-state index contributed by atoms with van der Waals surface area (Å²) in [5, 5.41) is 8.65. The minimum Gasteiger partial charge on any atom is -0.481 e. The number of rotatable bonds is 42. The molecule has 0 unspecified atom stereocenters. The lowest BCUT2D eigenvalue weighted by Crippen LogP contribution is -2.09. The molecule has 280 valence electrons. The van der Waals surface area contributed by atoms with Crippen LogP contribution in [0.25, 0.3) is 0 Å². The first-order valence-electron chi connectivity index (χ1n) is 21.6. The number of carbonyl (C=O) groups excluding carboxylic acids is 1. The summed E-state index contributed by atoms with van der Waals surface area (Å²) in [5.74, 6) is -0.802. The predicted octanol–water partition coefficient (Wildman–Crippen LogP) is 14.6. The van der Waals surface area contributed by atoms with Crippen LogP contribution in [0, 0.1) is 0 Å². The minimum atomic E-state index is -0.650. The summed E-state index contributed by atoms with van der Waals surface area (Å²) in [7, 11) is 0. The molecule has 0 aliphatic heterocycles. The van der Waals surface area contributed by atoms with Crippen molar-refractivity contribution >= 4 is 11.9 Å². The smallest absolute Gasteiger partial charge is 0.303 e. The first-order chi connectivity index (χ1) is 23.1. The first-order valence-corrected chi connectivity index (χ1v) is 21.6. The SMILES string of the molecule is NC(=O)CCCCCCCCCCCCCCCCCCCCCCCCCCCCCCCCCCCCCCCCCC(=O)O. The molecule has 47 heavy (non-hydrogen) atoms. The Morgan fingerprint density at radius 3 is 0.511 bits per heavy atom. The van der Waals surface area contributed by atoms with Gasteiger partial charge >= 0.3 is 5.97 Å². The van der Waals surface area contributed by atoms with E-state index in [2.05, 4.69) is 0 Å². The lowest BCUT2D eigenvalue weighted by molar-refractivity contribution is -0.137. The molecule has 0 aliphatic carbocycles. The van der Waals surface area contributed by atoms with Crippen molar-refractivity contribution in [1.29, 1.82) is 0 Å². The molecule has 0 spiro atoms. The number of nitrogens with two attached hydrogens (primary N) is 1. The molecular formula is C43H85NO3. The molecule has 4 heteroatoms. The van der Waals surface area contributed by atoms with Gasteiger partial charge in [0.25, 0.3) is 0 Å². The molecule has 0 aromatic rings. The van der Waals surface area contributed by atoms with Crippen LogP contribution in [0.3, 0.4) is 0 Å². The van der Waals surface area contributed by atoms with Gasteiger partial charge in [0.1, 0.15) is 0 Å². The molecule has 0 fully saturated rings. The lowest BCUT2D eigenvalue weighted by atomic mass is 10.0. The Balaban J connectivity index is 3.05. The van der Waals surface area contributed by atoms with Crippen molar-refractivity contribution < 1.29 is 14.7 Å². The second-order valence-corrected chi connectivity index (χ2v) is 15.1. The van der Waals surface area contributed by atoms with E-state index in [0.29, 0.717) is 12.8 Å². The van der Waals surface area contributed by atoms with Crippen LogP contribution in [0.5, 0.6) is 0 Å². The van der Waals surface area contributed by atoms with Crippen LogP contribution in [-0.2, 0) is 9.59 Å². The molecule has 0 saturated heterocycles. The average molecular weight is 664 g/mol. The number of carboxylic acids is 1. The molecular weight excluding hydrogens is 578 g/mol. The molecule has 0 rings (SSSR count). The largest absolute Gasteiger partial charge is 0.481 e. The highest BCUT2D eigenvalue weighted by Crippen LogP contribution is 2.18. The Morgan fingerprint density at radius 2 is 0.383 bits per heavy atom. The number of aliphatic carboxylic acids is 1. The van der Waals surface area contributed by atoms with Gasteiger partial charge in [-0.1, -0.05) is 238 Å². The Morgan fingerprint density at radius 1 is 0.255 bits per heavy atom. The van der Waals surface area contributed by atoms with Crippen LogP contribution < -0.4 is 5.73 Å². The van der Waals surface area contributed by atoms with Gasteiger partial charge in [0, 0.05) is 12.8 Å². The molecule has 0 atom stereocenters. The maximum absolute atomic E-state index is 10.7. The van der Waals surface area contributed by atoms with Gasteiger partial charge in [-0.25, -0.2) is 0 Å². The number of amides is 1. The van der Waals surface area contributed by atoms with Gasteiger partial charge in [-0.05, 0) is 12.8 Å². The number of unbranched alkanes of at least 4 members (excludes halogenated alkanes) is 38.